The standard InChI is InChI=1S/C14H15N3S/c1-11(13-5-4-8-18-13)15-9-12-10-17-7-3-2-6-14(17)16-12/h2-8,10-11,15H,9H2,1H3/t11-/m0/s1. The maximum absolute atomic E-state index is 4.57. The smallest absolute Gasteiger partial charge is 0.137 e. The molecular formula is C14H15N3S. The Balaban J connectivity index is 1.69. The molecule has 3 aromatic rings. The fourth-order valence-electron chi connectivity index (χ4n) is 1.97. The van der Waals surface area contributed by atoms with Crippen molar-refractivity contribution in [3.05, 3.63) is 58.7 Å². The quantitative estimate of drug-likeness (QED) is 0.777. The molecule has 0 fully saturated rings. The summed E-state index contributed by atoms with van der Waals surface area (Å²) in [6, 6.07) is 10.7. The number of nitrogens with one attached hydrogen (secondary N) is 1. The Morgan fingerprint density at radius 1 is 1.33 bits per heavy atom. The Hall–Kier alpha value is -1.65. The van der Waals surface area contributed by atoms with Crippen molar-refractivity contribution in [1.29, 1.82) is 0 Å². The lowest BCUT2D eigenvalue weighted by Crippen LogP contribution is -2.17. The molecule has 3 heterocycles. The molecule has 0 aliphatic heterocycles. The fourth-order valence-corrected chi connectivity index (χ4v) is 2.73. The summed E-state index contributed by atoms with van der Waals surface area (Å²) in [7, 11) is 0. The van der Waals surface area contributed by atoms with Crippen LogP contribution in [0.5, 0.6) is 0 Å². The van der Waals surface area contributed by atoms with Crippen molar-refractivity contribution in [3.8, 4) is 0 Å². The van der Waals surface area contributed by atoms with Crippen LogP contribution < -0.4 is 5.32 Å². The fraction of sp³-hybridized carbons (Fsp3) is 0.214. The molecule has 3 aromatic heterocycles. The Labute approximate surface area is 110 Å². The van der Waals surface area contributed by atoms with Crippen LogP contribution in [-0.4, -0.2) is 9.38 Å². The zero-order valence-corrected chi connectivity index (χ0v) is 11.0. The van der Waals surface area contributed by atoms with Gasteiger partial charge in [0.1, 0.15) is 5.65 Å². The second-order valence-electron chi connectivity index (χ2n) is 4.32. The van der Waals surface area contributed by atoms with Crippen LogP contribution in [0.1, 0.15) is 23.5 Å². The molecule has 1 atom stereocenters. The number of aromatic nitrogens is 2. The van der Waals surface area contributed by atoms with Gasteiger partial charge in [0.05, 0.1) is 5.69 Å². The zero-order chi connectivity index (χ0) is 12.4. The first-order valence-electron chi connectivity index (χ1n) is 6.02. The van der Waals surface area contributed by atoms with E-state index in [2.05, 4.69) is 40.9 Å². The highest BCUT2D eigenvalue weighted by Crippen LogP contribution is 2.18. The van der Waals surface area contributed by atoms with Gasteiger partial charge in [0, 0.05) is 29.9 Å². The molecule has 0 aromatic carbocycles. The highest BCUT2D eigenvalue weighted by molar-refractivity contribution is 7.10. The van der Waals surface area contributed by atoms with Gasteiger partial charge in [-0.1, -0.05) is 12.1 Å². The number of nitrogens with zero attached hydrogens (tertiary/aromatic N) is 2. The Morgan fingerprint density at radius 3 is 3.06 bits per heavy atom. The van der Waals surface area contributed by atoms with Gasteiger partial charge in [0.2, 0.25) is 0 Å². The Bertz CT molecular complexity index is 594. The lowest BCUT2D eigenvalue weighted by atomic mass is 10.2. The van der Waals surface area contributed by atoms with E-state index in [9.17, 15) is 0 Å². The van der Waals surface area contributed by atoms with E-state index in [0.717, 1.165) is 17.9 Å². The largest absolute Gasteiger partial charge is 0.307 e. The van der Waals surface area contributed by atoms with Crippen LogP contribution in [0.3, 0.4) is 0 Å². The van der Waals surface area contributed by atoms with Crippen molar-refractivity contribution in [2.24, 2.45) is 0 Å². The van der Waals surface area contributed by atoms with E-state index in [4.69, 9.17) is 0 Å². The predicted molar refractivity (Wildman–Crippen MR) is 74.8 cm³/mol. The Morgan fingerprint density at radius 2 is 2.28 bits per heavy atom. The molecule has 0 bridgehead atoms. The molecule has 0 aliphatic rings. The number of rotatable bonds is 4. The molecule has 3 rings (SSSR count). The van der Waals surface area contributed by atoms with Crippen molar-refractivity contribution in [2.75, 3.05) is 0 Å². The van der Waals surface area contributed by atoms with E-state index >= 15 is 0 Å². The van der Waals surface area contributed by atoms with Gasteiger partial charge in [-0.05, 0) is 30.5 Å². The van der Waals surface area contributed by atoms with E-state index in [1.807, 2.05) is 28.8 Å². The molecule has 0 saturated carbocycles. The van der Waals surface area contributed by atoms with Crippen LogP contribution in [0.25, 0.3) is 5.65 Å². The van der Waals surface area contributed by atoms with E-state index < -0.39 is 0 Å². The van der Waals surface area contributed by atoms with Crippen LogP contribution >= 0.6 is 11.3 Å². The summed E-state index contributed by atoms with van der Waals surface area (Å²) in [5.74, 6) is 0. The Kier molecular flexibility index (Phi) is 3.13. The number of fused-ring (bicyclic) bond motifs is 1. The molecule has 1 N–H and O–H groups in total. The molecule has 0 saturated heterocycles. The van der Waals surface area contributed by atoms with E-state index in [0.29, 0.717) is 6.04 Å². The third-order valence-corrected chi connectivity index (χ3v) is 4.03. The van der Waals surface area contributed by atoms with Crippen molar-refractivity contribution >= 4 is 17.0 Å². The molecule has 3 nitrogen and oxygen atoms in total. The van der Waals surface area contributed by atoms with Gasteiger partial charge in [-0.15, -0.1) is 11.3 Å². The van der Waals surface area contributed by atoms with Crippen LogP contribution in [0, 0.1) is 0 Å². The normalized spacial score (nSPS) is 12.9. The van der Waals surface area contributed by atoms with Gasteiger partial charge < -0.3 is 9.72 Å². The van der Waals surface area contributed by atoms with Crippen LogP contribution in [0.2, 0.25) is 0 Å². The summed E-state index contributed by atoms with van der Waals surface area (Å²) in [5, 5.41) is 5.61. The number of pyridine rings is 1. The molecule has 4 heteroatoms. The van der Waals surface area contributed by atoms with Gasteiger partial charge in [-0.3, -0.25) is 0 Å². The maximum atomic E-state index is 4.57. The summed E-state index contributed by atoms with van der Waals surface area (Å²) in [5.41, 5.74) is 2.07. The molecule has 92 valence electrons. The van der Waals surface area contributed by atoms with Crippen molar-refractivity contribution in [2.45, 2.75) is 19.5 Å². The summed E-state index contributed by atoms with van der Waals surface area (Å²) >= 11 is 1.78. The molecule has 0 aliphatic carbocycles. The summed E-state index contributed by atoms with van der Waals surface area (Å²) in [6.45, 7) is 2.97. The second kappa shape index (κ2) is 4.92. The van der Waals surface area contributed by atoms with Gasteiger partial charge in [0.25, 0.3) is 0 Å². The van der Waals surface area contributed by atoms with Crippen LogP contribution in [0.15, 0.2) is 48.1 Å². The molecular weight excluding hydrogens is 242 g/mol. The average molecular weight is 257 g/mol. The van der Waals surface area contributed by atoms with Gasteiger partial charge >= 0.3 is 0 Å². The highest BCUT2D eigenvalue weighted by Gasteiger charge is 2.07. The number of thiophene rings is 1. The average Bonchev–Trinajstić information content (AvgIpc) is 3.04. The minimum atomic E-state index is 0.370. The predicted octanol–water partition coefficient (Wildman–Crippen LogP) is 3.25. The lowest BCUT2D eigenvalue weighted by Gasteiger charge is -2.10. The molecule has 0 unspecified atom stereocenters. The number of hydrogen-bond acceptors (Lipinski definition) is 3. The van der Waals surface area contributed by atoms with E-state index in [1.165, 1.54) is 4.88 Å². The van der Waals surface area contributed by atoms with Crippen molar-refractivity contribution in [1.82, 2.24) is 14.7 Å². The molecule has 0 amide bonds. The van der Waals surface area contributed by atoms with Gasteiger partial charge in [-0.25, -0.2) is 4.98 Å². The molecule has 0 radical (unpaired) electrons. The van der Waals surface area contributed by atoms with Crippen molar-refractivity contribution < 1.29 is 0 Å². The van der Waals surface area contributed by atoms with E-state index in [-0.39, 0.29) is 0 Å². The SMILES string of the molecule is C[C@H](NCc1cn2ccccc2n1)c1cccs1. The summed E-state index contributed by atoms with van der Waals surface area (Å²) in [6.07, 6.45) is 4.10. The minimum absolute atomic E-state index is 0.370. The highest BCUT2D eigenvalue weighted by atomic mass is 32.1. The van der Waals surface area contributed by atoms with E-state index in [1.54, 1.807) is 11.3 Å². The number of hydrogen-bond donors (Lipinski definition) is 1. The topological polar surface area (TPSA) is 29.3 Å². The second-order valence-corrected chi connectivity index (χ2v) is 5.30. The first kappa shape index (κ1) is 11.4. The first-order valence-corrected chi connectivity index (χ1v) is 6.90. The number of imidazole rings is 1. The minimum Gasteiger partial charge on any atom is -0.307 e. The van der Waals surface area contributed by atoms with Crippen LogP contribution in [-0.2, 0) is 6.54 Å². The lowest BCUT2D eigenvalue weighted by molar-refractivity contribution is 0.577. The monoisotopic (exact) mass is 257 g/mol. The molecule has 18 heavy (non-hydrogen) atoms. The maximum Gasteiger partial charge on any atom is 0.137 e. The van der Waals surface area contributed by atoms with Crippen molar-refractivity contribution in [3.63, 3.8) is 0 Å². The third-order valence-electron chi connectivity index (χ3n) is 2.97. The third kappa shape index (κ3) is 2.30. The summed E-state index contributed by atoms with van der Waals surface area (Å²) < 4.78 is 2.05. The summed E-state index contributed by atoms with van der Waals surface area (Å²) in [4.78, 5) is 5.93. The van der Waals surface area contributed by atoms with Crippen LogP contribution in [0.4, 0.5) is 0 Å². The zero-order valence-electron chi connectivity index (χ0n) is 10.2. The van der Waals surface area contributed by atoms with Gasteiger partial charge in [-0.2, -0.15) is 0 Å². The van der Waals surface area contributed by atoms with Gasteiger partial charge in [0.15, 0.2) is 0 Å². The molecule has 0 spiro atoms. The first-order chi connectivity index (χ1) is 8.83.